The zero-order valence-electron chi connectivity index (χ0n) is 13.6. The first-order valence-electron chi connectivity index (χ1n) is 8.04. The van der Waals surface area contributed by atoms with Crippen molar-refractivity contribution in [1.29, 1.82) is 0 Å². The molecule has 2 aromatic rings. The van der Waals surface area contributed by atoms with Crippen molar-refractivity contribution in [2.24, 2.45) is 0 Å². The standard InChI is InChI=1S/C17H21FN4OS/c1-13(17(23)20-12-16-19-6-11-24-16)21-7-9-22(10-8-21)15-4-2-14(18)3-5-15/h2-6,11,13H,7-10,12H2,1H3,(H,20,23). The molecular formula is C17H21FN4OS. The normalized spacial score (nSPS) is 16.8. The van der Waals surface area contributed by atoms with Gasteiger partial charge in [-0.3, -0.25) is 9.69 Å². The summed E-state index contributed by atoms with van der Waals surface area (Å²) in [5, 5.41) is 5.76. The molecular weight excluding hydrogens is 327 g/mol. The first kappa shape index (κ1) is 16.9. The molecule has 0 aliphatic carbocycles. The Morgan fingerprint density at radius 3 is 2.62 bits per heavy atom. The Bertz CT molecular complexity index is 654. The van der Waals surface area contributed by atoms with Crippen LogP contribution in [0, 0.1) is 5.82 Å². The minimum absolute atomic E-state index is 0.0282. The highest BCUT2D eigenvalue weighted by Gasteiger charge is 2.25. The molecule has 1 aromatic heterocycles. The third-order valence-corrected chi connectivity index (χ3v) is 5.11. The Kier molecular flexibility index (Phi) is 5.42. The van der Waals surface area contributed by atoms with E-state index in [1.165, 1.54) is 23.5 Å². The largest absolute Gasteiger partial charge is 0.369 e. The molecule has 128 valence electrons. The van der Waals surface area contributed by atoms with Crippen molar-refractivity contribution in [3.8, 4) is 0 Å². The van der Waals surface area contributed by atoms with Crippen LogP contribution in [0.1, 0.15) is 11.9 Å². The molecule has 24 heavy (non-hydrogen) atoms. The van der Waals surface area contributed by atoms with Gasteiger partial charge < -0.3 is 10.2 Å². The van der Waals surface area contributed by atoms with E-state index in [1.54, 1.807) is 18.3 Å². The fourth-order valence-electron chi connectivity index (χ4n) is 2.84. The molecule has 0 radical (unpaired) electrons. The van der Waals surface area contributed by atoms with Crippen molar-refractivity contribution in [2.45, 2.75) is 19.5 Å². The Hall–Kier alpha value is -1.99. The summed E-state index contributed by atoms with van der Waals surface area (Å²) in [5.74, 6) is -0.191. The Balaban J connectivity index is 1.48. The fraction of sp³-hybridized carbons (Fsp3) is 0.412. The molecule has 7 heteroatoms. The minimum atomic E-state index is -0.220. The highest BCUT2D eigenvalue weighted by molar-refractivity contribution is 7.09. The lowest BCUT2D eigenvalue weighted by Gasteiger charge is -2.38. The lowest BCUT2D eigenvalue weighted by Crippen LogP contribution is -2.53. The maximum absolute atomic E-state index is 13.0. The number of rotatable bonds is 5. The van der Waals surface area contributed by atoms with E-state index in [1.807, 2.05) is 12.3 Å². The molecule has 2 heterocycles. The highest BCUT2D eigenvalue weighted by atomic mass is 32.1. The Morgan fingerprint density at radius 1 is 1.29 bits per heavy atom. The van der Waals surface area contributed by atoms with Crippen LogP contribution in [0.2, 0.25) is 0 Å². The van der Waals surface area contributed by atoms with Crippen molar-refractivity contribution >= 4 is 22.9 Å². The van der Waals surface area contributed by atoms with Gasteiger partial charge in [-0.25, -0.2) is 9.37 Å². The molecule has 1 aliphatic rings. The van der Waals surface area contributed by atoms with Crippen LogP contribution < -0.4 is 10.2 Å². The van der Waals surface area contributed by atoms with Gasteiger partial charge >= 0.3 is 0 Å². The first-order chi connectivity index (χ1) is 11.6. The van der Waals surface area contributed by atoms with Crippen molar-refractivity contribution in [3.63, 3.8) is 0 Å². The van der Waals surface area contributed by atoms with Crippen molar-refractivity contribution in [3.05, 3.63) is 46.7 Å². The molecule has 0 spiro atoms. The zero-order valence-corrected chi connectivity index (χ0v) is 14.4. The van der Waals surface area contributed by atoms with Crippen LogP contribution in [0.4, 0.5) is 10.1 Å². The molecule has 3 rings (SSSR count). The van der Waals surface area contributed by atoms with Crippen molar-refractivity contribution in [2.75, 3.05) is 31.1 Å². The molecule has 0 bridgehead atoms. The predicted molar refractivity (Wildman–Crippen MR) is 93.6 cm³/mol. The van der Waals surface area contributed by atoms with Gasteiger partial charge in [-0.15, -0.1) is 11.3 Å². The third-order valence-electron chi connectivity index (χ3n) is 4.33. The van der Waals surface area contributed by atoms with Gasteiger partial charge in [-0.05, 0) is 31.2 Å². The number of amides is 1. The van der Waals surface area contributed by atoms with Crippen molar-refractivity contribution < 1.29 is 9.18 Å². The van der Waals surface area contributed by atoms with Gasteiger partial charge in [0.05, 0.1) is 12.6 Å². The first-order valence-corrected chi connectivity index (χ1v) is 8.92. The summed E-state index contributed by atoms with van der Waals surface area (Å²) in [6.45, 7) is 5.69. The maximum atomic E-state index is 13.0. The number of aromatic nitrogens is 1. The van der Waals surface area contributed by atoms with E-state index in [0.717, 1.165) is 36.9 Å². The van der Waals surface area contributed by atoms with Crippen LogP contribution in [0.25, 0.3) is 0 Å². The Labute approximate surface area is 145 Å². The molecule has 1 amide bonds. The smallest absolute Gasteiger partial charge is 0.237 e. The number of benzene rings is 1. The summed E-state index contributed by atoms with van der Waals surface area (Å²) in [6.07, 6.45) is 1.74. The van der Waals surface area contributed by atoms with E-state index in [4.69, 9.17) is 0 Å². The monoisotopic (exact) mass is 348 g/mol. The number of carbonyl (C=O) groups is 1. The topological polar surface area (TPSA) is 48.5 Å². The molecule has 1 N–H and O–H groups in total. The van der Waals surface area contributed by atoms with Crippen LogP contribution in [0.15, 0.2) is 35.8 Å². The average Bonchev–Trinajstić information content (AvgIpc) is 3.13. The summed E-state index contributed by atoms with van der Waals surface area (Å²) >= 11 is 1.54. The van der Waals surface area contributed by atoms with Gasteiger partial charge in [0, 0.05) is 43.4 Å². The maximum Gasteiger partial charge on any atom is 0.237 e. The number of nitrogens with one attached hydrogen (secondary N) is 1. The van der Waals surface area contributed by atoms with Crippen LogP contribution >= 0.6 is 11.3 Å². The molecule has 1 aromatic carbocycles. The number of nitrogens with zero attached hydrogens (tertiary/aromatic N) is 3. The SMILES string of the molecule is CC(C(=O)NCc1nccs1)N1CCN(c2ccc(F)cc2)CC1. The average molecular weight is 348 g/mol. The second kappa shape index (κ2) is 7.72. The van der Waals surface area contributed by atoms with Gasteiger partial charge in [0.1, 0.15) is 10.8 Å². The van der Waals surface area contributed by atoms with E-state index < -0.39 is 0 Å². The summed E-state index contributed by atoms with van der Waals surface area (Å²) in [4.78, 5) is 20.9. The molecule has 1 unspecified atom stereocenters. The number of piperazine rings is 1. The Morgan fingerprint density at radius 2 is 2.00 bits per heavy atom. The molecule has 1 fully saturated rings. The highest BCUT2D eigenvalue weighted by Crippen LogP contribution is 2.17. The molecule has 1 atom stereocenters. The van der Waals surface area contributed by atoms with E-state index in [2.05, 4.69) is 20.1 Å². The van der Waals surface area contributed by atoms with E-state index in [-0.39, 0.29) is 17.8 Å². The molecule has 1 saturated heterocycles. The van der Waals surface area contributed by atoms with Gasteiger partial charge in [0.2, 0.25) is 5.91 Å². The number of anilines is 1. The number of hydrogen-bond acceptors (Lipinski definition) is 5. The van der Waals surface area contributed by atoms with Crippen LogP contribution in [-0.2, 0) is 11.3 Å². The lowest BCUT2D eigenvalue weighted by molar-refractivity contribution is -0.126. The summed E-state index contributed by atoms with van der Waals surface area (Å²) in [6, 6.07) is 6.40. The second-order valence-electron chi connectivity index (χ2n) is 5.82. The minimum Gasteiger partial charge on any atom is -0.369 e. The summed E-state index contributed by atoms with van der Waals surface area (Å²) in [7, 11) is 0. The molecule has 1 aliphatic heterocycles. The number of carbonyl (C=O) groups excluding carboxylic acids is 1. The fourth-order valence-corrected chi connectivity index (χ4v) is 3.39. The van der Waals surface area contributed by atoms with Gasteiger partial charge in [0.15, 0.2) is 0 Å². The van der Waals surface area contributed by atoms with E-state index >= 15 is 0 Å². The van der Waals surface area contributed by atoms with Crippen LogP contribution in [0.3, 0.4) is 0 Å². The molecule has 0 saturated carbocycles. The lowest BCUT2D eigenvalue weighted by atomic mass is 10.2. The van der Waals surface area contributed by atoms with Gasteiger partial charge in [-0.2, -0.15) is 0 Å². The molecule has 5 nitrogen and oxygen atoms in total. The van der Waals surface area contributed by atoms with Gasteiger partial charge in [0.25, 0.3) is 0 Å². The third kappa shape index (κ3) is 4.10. The van der Waals surface area contributed by atoms with Crippen LogP contribution in [-0.4, -0.2) is 48.0 Å². The quantitative estimate of drug-likeness (QED) is 0.899. The van der Waals surface area contributed by atoms with E-state index in [9.17, 15) is 9.18 Å². The predicted octanol–water partition coefficient (Wildman–Crippen LogP) is 2.11. The van der Waals surface area contributed by atoms with Gasteiger partial charge in [-0.1, -0.05) is 0 Å². The summed E-state index contributed by atoms with van der Waals surface area (Å²) < 4.78 is 13.0. The van der Waals surface area contributed by atoms with Crippen molar-refractivity contribution in [1.82, 2.24) is 15.2 Å². The van der Waals surface area contributed by atoms with Crippen LogP contribution in [0.5, 0.6) is 0 Å². The summed E-state index contributed by atoms with van der Waals surface area (Å²) in [5.41, 5.74) is 1.02. The number of thiazole rings is 1. The number of halogens is 1. The number of hydrogen-bond donors (Lipinski definition) is 1. The second-order valence-corrected chi connectivity index (χ2v) is 6.80. The zero-order chi connectivity index (χ0) is 16.9. The van der Waals surface area contributed by atoms with E-state index in [0.29, 0.717) is 6.54 Å².